The Kier molecular flexibility index (Phi) is 6.40. The molecule has 1 N–H and O–H groups in total. The molecule has 186 valence electrons. The Morgan fingerprint density at radius 1 is 0.943 bits per heavy atom. The zero-order valence-electron chi connectivity index (χ0n) is 19.0. The van der Waals surface area contributed by atoms with Gasteiger partial charge in [0.1, 0.15) is 0 Å². The number of amides is 1. The van der Waals surface area contributed by atoms with Gasteiger partial charge >= 0.3 is 11.9 Å². The van der Waals surface area contributed by atoms with E-state index >= 15 is 0 Å². The first-order chi connectivity index (χ1) is 16.7. The number of halogens is 4. The SMILES string of the molecule is O=C(c1ccccc1C(F)(F)F)N1CCC(N2CCC(n3c(=O)[nH]c4cc(Cl)ccc43)CC2)CC1. The highest BCUT2D eigenvalue weighted by molar-refractivity contribution is 6.31. The fourth-order valence-corrected chi connectivity index (χ4v) is 5.67. The number of hydrogen-bond donors (Lipinski definition) is 1. The number of nitrogens with one attached hydrogen (secondary N) is 1. The van der Waals surface area contributed by atoms with Gasteiger partial charge in [0.2, 0.25) is 0 Å². The van der Waals surface area contributed by atoms with E-state index in [-0.39, 0.29) is 23.3 Å². The minimum absolute atomic E-state index is 0.0919. The van der Waals surface area contributed by atoms with Crippen LogP contribution in [0.1, 0.15) is 47.6 Å². The molecule has 0 saturated carbocycles. The second kappa shape index (κ2) is 9.35. The van der Waals surface area contributed by atoms with Crippen molar-refractivity contribution in [1.29, 1.82) is 0 Å². The number of aromatic amines is 1. The molecular formula is C25H26ClF3N4O2. The number of hydrogen-bond acceptors (Lipinski definition) is 3. The molecule has 35 heavy (non-hydrogen) atoms. The van der Waals surface area contributed by atoms with Crippen molar-refractivity contribution in [2.24, 2.45) is 0 Å². The van der Waals surface area contributed by atoms with E-state index in [2.05, 4.69) is 9.88 Å². The van der Waals surface area contributed by atoms with Gasteiger partial charge in [-0.3, -0.25) is 9.36 Å². The number of piperidine rings is 2. The van der Waals surface area contributed by atoms with E-state index in [4.69, 9.17) is 11.6 Å². The molecule has 2 saturated heterocycles. The maximum absolute atomic E-state index is 13.3. The van der Waals surface area contributed by atoms with E-state index in [1.54, 1.807) is 12.1 Å². The summed E-state index contributed by atoms with van der Waals surface area (Å²) in [6, 6.07) is 10.7. The molecule has 0 radical (unpaired) electrons. The number of H-pyrrole nitrogens is 1. The second-order valence-corrected chi connectivity index (χ2v) is 9.73. The van der Waals surface area contributed by atoms with Gasteiger partial charge in [0.25, 0.3) is 5.91 Å². The molecular weight excluding hydrogens is 481 g/mol. The third kappa shape index (κ3) is 4.71. The first-order valence-electron chi connectivity index (χ1n) is 11.8. The zero-order chi connectivity index (χ0) is 24.7. The zero-order valence-corrected chi connectivity index (χ0v) is 19.8. The van der Waals surface area contributed by atoms with Crippen molar-refractivity contribution in [2.45, 2.75) is 43.9 Å². The predicted molar refractivity (Wildman–Crippen MR) is 128 cm³/mol. The standard InChI is InChI=1S/C25H26ClF3N4O2/c26-16-5-6-22-21(15-16)30-24(35)33(22)18-9-11-31(12-10-18)17-7-13-32(14-8-17)23(34)19-3-1-2-4-20(19)25(27,28)29/h1-6,15,17-18H,7-14H2,(H,30,35). The van der Waals surface area contributed by atoms with Crippen LogP contribution >= 0.6 is 11.6 Å². The van der Waals surface area contributed by atoms with Crippen LogP contribution in [-0.4, -0.2) is 57.5 Å². The van der Waals surface area contributed by atoms with E-state index < -0.39 is 17.6 Å². The van der Waals surface area contributed by atoms with Gasteiger partial charge < -0.3 is 14.8 Å². The van der Waals surface area contributed by atoms with Crippen molar-refractivity contribution in [3.05, 3.63) is 69.1 Å². The third-order valence-electron chi connectivity index (χ3n) is 7.27. The van der Waals surface area contributed by atoms with E-state index in [1.165, 1.54) is 23.1 Å². The lowest BCUT2D eigenvalue weighted by Gasteiger charge is -2.42. The molecule has 0 bridgehead atoms. The van der Waals surface area contributed by atoms with Crippen molar-refractivity contribution in [3.8, 4) is 0 Å². The van der Waals surface area contributed by atoms with E-state index in [9.17, 15) is 22.8 Å². The Morgan fingerprint density at radius 2 is 1.60 bits per heavy atom. The van der Waals surface area contributed by atoms with E-state index in [0.717, 1.165) is 55.9 Å². The molecule has 1 aromatic heterocycles. The van der Waals surface area contributed by atoms with Gasteiger partial charge in [-0.2, -0.15) is 13.2 Å². The summed E-state index contributed by atoms with van der Waals surface area (Å²) in [5.41, 5.74) is 0.276. The number of aromatic nitrogens is 2. The van der Waals surface area contributed by atoms with Crippen LogP contribution in [0.15, 0.2) is 47.3 Å². The molecule has 6 nitrogen and oxygen atoms in total. The summed E-state index contributed by atoms with van der Waals surface area (Å²) < 4.78 is 41.8. The number of benzene rings is 2. The van der Waals surface area contributed by atoms with Gasteiger partial charge in [-0.1, -0.05) is 23.7 Å². The van der Waals surface area contributed by atoms with Gasteiger partial charge in [-0.05, 0) is 56.0 Å². The lowest BCUT2D eigenvalue weighted by Crippen LogP contribution is -2.49. The highest BCUT2D eigenvalue weighted by Gasteiger charge is 2.37. The molecule has 1 amide bonds. The summed E-state index contributed by atoms with van der Waals surface area (Å²) in [5, 5.41) is 0.576. The summed E-state index contributed by atoms with van der Waals surface area (Å²) in [6.45, 7) is 2.51. The number of rotatable bonds is 3. The van der Waals surface area contributed by atoms with Crippen molar-refractivity contribution < 1.29 is 18.0 Å². The highest BCUT2D eigenvalue weighted by Crippen LogP contribution is 2.33. The quantitative estimate of drug-likeness (QED) is 0.547. The van der Waals surface area contributed by atoms with Crippen LogP contribution in [0.2, 0.25) is 5.02 Å². The molecule has 5 rings (SSSR count). The number of carbonyl (C=O) groups is 1. The number of carbonyl (C=O) groups excluding carboxylic acids is 1. The summed E-state index contributed by atoms with van der Waals surface area (Å²) in [6.07, 6.45) is -1.47. The highest BCUT2D eigenvalue weighted by atomic mass is 35.5. The summed E-state index contributed by atoms with van der Waals surface area (Å²) in [5.74, 6) is -0.561. The first-order valence-corrected chi connectivity index (χ1v) is 12.2. The molecule has 2 fully saturated rings. The Labute approximate surface area is 205 Å². The normalized spacial score (nSPS) is 18.9. The fraction of sp³-hybridized carbons (Fsp3) is 0.440. The Bertz CT molecular complexity index is 1290. The van der Waals surface area contributed by atoms with Gasteiger partial charge in [-0.25, -0.2) is 4.79 Å². The molecule has 0 aliphatic carbocycles. The maximum Gasteiger partial charge on any atom is 0.417 e. The average Bonchev–Trinajstić information content (AvgIpc) is 3.18. The molecule has 0 spiro atoms. The van der Waals surface area contributed by atoms with Crippen LogP contribution in [0.25, 0.3) is 11.0 Å². The van der Waals surface area contributed by atoms with Gasteiger partial charge in [0.15, 0.2) is 0 Å². The molecule has 10 heteroatoms. The number of fused-ring (bicyclic) bond motifs is 1. The molecule has 2 aromatic carbocycles. The van der Waals surface area contributed by atoms with Crippen molar-refractivity contribution in [2.75, 3.05) is 26.2 Å². The monoisotopic (exact) mass is 506 g/mol. The maximum atomic E-state index is 13.3. The van der Waals surface area contributed by atoms with E-state index in [0.29, 0.717) is 18.1 Å². The van der Waals surface area contributed by atoms with Crippen LogP contribution in [0.4, 0.5) is 13.2 Å². The summed E-state index contributed by atoms with van der Waals surface area (Å²) in [7, 11) is 0. The largest absolute Gasteiger partial charge is 0.417 e. The number of likely N-dealkylation sites (tertiary alicyclic amines) is 2. The van der Waals surface area contributed by atoms with Crippen LogP contribution in [0.3, 0.4) is 0 Å². The topological polar surface area (TPSA) is 61.3 Å². The molecule has 2 aliphatic heterocycles. The summed E-state index contributed by atoms with van der Waals surface area (Å²) in [4.78, 5) is 32.2. The van der Waals surface area contributed by atoms with Crippen LogP contribution < -0.4 is 5.69 Å². The lowest BCUT2D eigenvalue weighted by atomic mass is 9.96. The smallest absolute Gasteiger partial charge is 0.339 e. The fourth-order valence-electron chi connectivity index (χ4n) is 5.50. The van der Waals surface area contributed by atoms with Crippen molar-refractivity contribution >= 4 is 28.5 Å². The van der Waals surface area contributed by atoms with Gasteiger partial charge in [0, 0.05) is 43.3 Å². The molecule has 3 heterocycles. The van der Waals surface area contributed by atoms with Gasteiger partial charge in [0.05, 0.1) is 22.2 Å². The van der Waals surface area contributed by atoms with Crippen LogP contribution in [-0.2, 0) is 6.18 Å². The predicted octanol–water partition coefficient (Wildman–Crippen LogP) is 4.94. The Morgan fingerprint density at radius 3 is 2.29 bits per heavy atom. The van der Waals surface area contributed by atoms with E-state index in [1.807, 2.05) is 10.6 Å². The number of nitrogens with zero attached hydrogens (tertiary/aromatic N) is 3. The minimum Gasteiger partial charge on any atom is -0.339 e. The molecule has 0 atom stereocenters. The Balaban J connectivity index is 1.20. The van der Waals surface area contributed by atoms with Crippen LogP contribution in [0.5, 0.6) is 0 Å². The average molecular weight is 507 g/mol. The molecule has 0 unspecified atom stereocenters. The Hall–Kier alpha value is -2.78. The van der Waals surface area contributed by atoms with Crippen LogP contribution in [0, 0.1) is 0 Å². The number of alkyl halides is 3. The third-order valence-corrected chi connectivity index (χ3v) is 7.51. The van der Waals surface area contributed by atoms with Crippen molar-refractivity contribution in [3.63, 3.8) is 0 Å². The summed E-state index contributed by atoms with van der Waals surface area (Å²) >= 11 is 6.05. The minimum atomic E-state index is -4.56. The molecule has 3 aromatic rings. The lowest BCUT2D eigenvalue weighted by molar-refractivity contribution is -0.138. The first kappa shape index (κ1) is 23.9. The molecule has 2 aliphatic rings. The van der Waals surface area contributed by atoms with Crippen molar-refractivity contribution in [1.82, 2.24) is 19.4 Å². The number of imidazole rings is 1. The van der Waals surface area contributed by atoms with Gasteiger partial charge in [-0.15, -0.1) is 0 Å². The second-order valence-electron chi connectivity index (χ2n) is 9.30.